The van der Waals surface area contributed by atoms with Crippen LogP contribution in [0, 0.1) is 0 Å². The number of piperazine rings is 1. The fourth-order valence-corrected chi connectivity index (χ4v) is 3.18. The summed E-state index contributed by atoms with van der Waals surface area (Å²) >= 11 is 0.484. The van der Waals surface area contributed by atoms with E-state index in [9.17, 15) is 13.6 Å². The smallest absolute Gasteiger partial charge is 0.288 e. The molecule has 1 aliphatic rings. The second-order valence-electron chi connectivity index (χ2n) is 5.76. The van der Waals surface area contributed by atoms with Crippen LogP contribution >= 0.6 is 11.8 Å². The first-order valence-electron chi connectivity index (χ1n) is 8.19. The molecule has 0 unspecified atom stereocenters. The van der Waals surface area contributed by atoms with E-state index in [4.69, 9.17) is 0 Å². The molecular weight excluding hydrogens is 360 g/mol. The number of aromatic nitrogens is 2. The Labute approximate surface area is 154 Å². The van der Waals surface area contributed by atoms with Gasteiger partial charge in [-0.1, -0.05) is 11.8 Å². The average Bonchev–Trinajstić information content (AvgIpc) is 2.64. The third-order valence-electron chi connectivity index (χ3n) is 3.94. The lowest BCUT2D eigenvalue weighted by Gasteiger charge is -2.34. The molecule has 2 aromatic rings. The van der Waals surface area contributed by atoms with E-state index in [1.54, 1.807) is 42.7 Å². The second-order valence-corrected chi connectivity index (χ2v) is 6.83. The van der Waals surface area contributed by atoms with E-state index in [0.717, 1.165) is 26.2 Å². The Bertz CT molecular complexity index is 709. The highest BCUT2D eigenvalue weighted by Crippen LogP contribution is 2.26. The number of thioether (sulfide) groups is 1. The second kappa shape index (κ2) is 8.91. The molecule has 6 nitrogen and oxygen atoms in total. The molecule has 0 saturated carbocycles. The normalized spacial score (nSPS) is 15.3. The molecule has 2 heterocycles. The van der Waals surface area contributed by atoms with Gasteiger partial charge >= 0.3 is 0 Å². The van der Waals surface area contributed by atoms with Crippen molar-refractivity contribution >= 4 is 29.3 Å². The van der Waals surface area contributed by atoms with Crippen LogP contribution < -0.4 is 10.2 Å². The summed E-state index contributed by atoms with van der Waals surface area (Å²) in [6, 6.07) is 8.19. The zero-order chi connectivity index (χ0) is 18.4. The molecule has 1 aromatic carbocycles. The van der Waals surface area contributed by atoms with Crippen LogP contribution in [-0.4, -0.2) is 59.3 Å². The lowest BCUT2D eigenvalue weighted by Crippen LogP contribution is -2.49. The zero-order valence-electron chi connectivity index (χ0n) is 14.0. The quantitative estimate of drug-likeness (QED) is 0.779. The number of hydrogen-bond acceptors (Lipinski definition) is 6. The first kappa shape index (κ1) is 18.5. The van der Waals surface area contributed by atoms with Gasteiger partial charge in [0.25, 0.3) is 5.76 Å². The minimum atomic E-state index is -2.45. The van der Waals surface area contributed by atoms with Crippen molar-refractivity contribution in [1.29, 1.82) is 0 Å². The predicted molar refractivity (Wildman–Crippen MR) is 97.6 cm³/mol. The number of carbonyl (C=O) groups excluding carboxylic acids is 1. The summed E-state index contributed by atoms with van der Waals surface area (Å²) in [4.78, 5) is 25.3. The number of nitrogens with zero attached hydrogens (tertiary/aromatic N) is 4. The molecule has 0 spiro atoms. The Balaban J connectivity index is 1.44. The van der Waals surface area contributed by atoms with Crippen molar-refractivity contribution in [3.8, 4) is 0 Å². The molecule has 3 rings (SSSR count). The van der Waals surface area contributed by atoms with E-state index in [1.165, 1.54) is 0 Å². The van der Waals surface area contributed by atoms with Crippen LogP contribution in [0.2, 0.25) is 0 Å². The van der Waals surface area contributed by atoms with E-state index >= 15 is 0 Å². The van der Waals surface area contributed by atoms with Gasteiger partial charge in [-0.3, -0.25) is 9.69 Å². The molecule has 26 heavy (non-hydrogen) atoms. The number of amides is 1. The van der Waals surface area contributed by atoms with Crippen molar-refractivity contribution in [2.45, 2.75) is 10.7 Å². The standard InChI is InChI=1S/C17H19F2N5OS/c18-16(19)26-14-4-2-13(3-5-14)22-15(25)12-23-8-10-24(11-9-23)17-20-6-1-7-21-17/h1-7,16H,8-12H2,(H,22,25). The van der Waals surface area contributed by atoms with Gasteiger partial charge in [0, 0.05) is 49.2 Å². The lowest BCUT2D eigenvalue weighted by molar-refractivity contribution is -0.117. The summed E-state index contributed by atoms with van der Waals surface area (Å²) in [5, 5.41) is 2.80. The zero-order valence-corrected chi connectivity index (χ0v) is 14.8. The van der Waals surface area contributed by atoms with Gasteiger partial charge in [-0.05, 0) is 30.3 Å². The minimum Gasteiger partial charge on any atom is -0.338 e. The molecule has 9 heteroatoms. The molecule has 0 aliphatic carbocycles. The van der Waals surface area contributed by atoms with Crippen molar-refractivity contribution < 1.29 is 13.6 Å². The van der Waals surface area contributed by atoms with Crippen molar-refractivity contribution in [3.05, 3.63) is 42.7 Å². The molecule has 0 bridgehead atoms. The highest BCUT2D eigenvalue weighted by molar-refractivity contribution is 7.99. The number of carbonyl (C=O) groups is 1. The van der Waals surface area contributed by atoms with E-state index in [0.29, 0.717) is 28.3 Å². The van der Waals surface area contributed by atoms with Gasteiger partial charge in [0.05, 0.1) is 6.54 Å². The lowest BCUT2D eigenvalue weighted by atomic mass is 10.3. The van der Waals surface area contributed by atoms with E-state index < -0.39 is 5.76 Å². The molecule has 0 radical (unpaired) electrons. The number of alkyl halides is 2. The Morgan fingerprint density at radius 2 is 1.77 bits per heavy atom. The molecule has 1 N–H and O–H groups in total. The highest BCUT2D eigenvalue weighted by atomic mass is 32.2. The Kier molecular flexibility index (Phi) is 6.35. The van der Waals surface area contributed by atoms with Gasteiger partial charge in [0.2, 0.25) is 11.9 Å². The number of rotatable bonds is 6. The van der Waals surface area contributed by atoms with Crippen molar-refractivity contribution in [1.82, 2.24) is 14.9 Å². The van der Waals surface area contributed by atoms with Crippen LogP contribution in [-0.2, 0) is 4.79 Å². The van der Waals surface area contributed by atoms with E-state index in [-0.39, 0.29) is 12.5 Å². The Morgan fingerprint density at radius 1 is 1.12 bits per heavy atom. The first-order valence-corrected chi connectivity index (χ1v) is 9.07. The van der Waals surface area contributed by atoms with Crippen molar-refractivity contribution in [2.75, 3.05) is 42.9 Å². The highest BCUT2D eigenvalue weighted by Gasteiger charge is 2.20. The van der Waals surface area contributed by atoms with E-state index in [1.807, 2.05) is 0 Å². The summed E-state index contributed by atoms with van der Waals surface area (Å²) < 4.78 is 24.6. The molecular formula is C17H19F2N5OS. The third-order valence-corrected chi connectivity index (χ3v) is 4.66. The maximum Gasteiger partial charge on any atom is 0.288 e. The Morgan fingerprint density at radius 3 is 2.38 bits per heavy atom. The van der Waals surface area contributed by atoms with Crippen molar-refractivity contribution in [3.63, 3.8) is 0 Å². The maximum absolute atomic E-state index is 12.3. The third kappa shape index (κ3) is 5.37. The molecule has 1 aliphatic heterocycles. The fourth-order valence-electron chi connectivity index (χ4n) is 2.68. The van der Waals surface area contributed by atoms with Gasteiger partial charge in [0.1, 0.15) is 0 Å². The number of benzene rings is 1. The van der Waals surface area contributed by atoms with Gasteiger partial charge < -0.3 is 10.2 Å². The summed E-state index contributed by atoms with van der Waals surface area (Å²) in [6.07, 6.45) is 3.43. The first-order chi connectivity index (χ1) is 12.6. The molecule has 1 aromatic heterocycles. The summed E-state index contributed by atoms with van der Waals surface area (Å²) in [7, 11) is 0. The topological polar surface area (TPSA) is 61.4 Å². The predicted octanol–water partition coefficient (Wildman–Crippen LogP) is 2.55. The van der Waals surface area contributed by atoms with Gasteiger partial charge in [-0.25, -0.2) is 9.97 Å². The fraction of sp³-hybridized carbons (Fsp3) is 0.353. The molecule has 138 valence electrons. The Hall–Kier alpha value is -2.26. The number of hydrogen-bond donors (Lipinski definition) is 1. The monoisotopic (exact) mass is 379 g/mol. The number of anilines is 2. The van der Waals surface area contributed by atoms with Gasteiger partial charge in [-0.15, -0.1) is 0 Å². The van der Waals surface area contributed by atoms with Crippen LogP contribution in [0.5, 0.6) is 0 Å². The van der Waals surface area contributed by atoms with E-state index in [2.05, 4.69) is 25.1 Å². The number of halogens is 2. The molecule has 1 saturated heterocycles. The molecule has 1 fully saturated rings. The molecule has 0 atom stereocenters. The molecule has 1 amide bonds. The number of nitrogens with one attached hydrogen (secondary N) is 1. The van der Waals surface area contributed by atoms with Crippen LogP contribution in [0.3, 0.4) is 0 Å². The van der Waals surface area contributed by atoms with Crippen LogP contribution in [0.4, 0.5) is 20.4 Å². The summed E-state index contributed by atoms with van der Waals surface area (Å²) in [6.45, 7) is 3.30. The summed E-state index contributed by atoms with van der Waals surface area (Å²) in [5.74, 6) is -1.86. The van der Waals surface area contributed by atoms with Crippen LogP contribution in [0.1, 0.15) is 0 Å². The summed E-state index contributed by atoms with van der Waals surface area (Å²) in [5.41, 5.74) is 0.602. The van der Waals surface area contributed by atoms with Crippen molar-refractivity contribution in [2.24, 2.45) is 0 Å². The van der Waals surface area contributed by atoms with Crippen LogP contribution in [0.15, 0.2) is 47.6 Å². The largest absolute Gasteiger partial charge is 0.338 e. The van der Waals surface area contributed by atoms with Crippen LogP contribution in [0.25, 0.3) is 0 Å². The maximum atomic E-state index is 12.3. The SMILES string of the molecule is O=C(CN1CCN(c2ncccn2)CC1)Nc1ccc(SC(F)F)cc1. The van der Waals surface area contributed by atoms with Gasteiger partial charge in [-0.2, -0.15) is 8.78 Å². The minimum absolute atomic E-state index is 0.122. The average molecular weight is 379 g/mol. The van der Waals surface area contributed by atoms with Gasteiger partial charge in [0.15, 0.2) is 0 Å².